The number of rotatable bonds is 10. The van der Waals surface area contributed by atoms with E-state index in [0.717, 1.165) is 36.3 Å². The van der Waals surface area contributed by atoms with Crippen molar-refractivity contribution in [1.29, 1.82) is 0 Å². The molecule has 2 aliphatic heterocycles. The molecule has 0 bridgehead atoms. The Balaban J connectivity index is 1.33. The number of alkyl halides is 3. The smallest absolute Gasteiger partial charge is 0.394 e. The Hall–Kier alpha value is -3.45. The van der Waals surface area contributed by atoms with Crippen molar-refractivity contribution in [1.82, 2.24) is 10.2 Å². The quantitative estimate of drug-likeness (QED) is 0.296. The summed E-state index contributed by atoms with van der Waals surface area (Å²) in [5.41, 5.74) is 2.07. The standard InChI is InChI=1S/C35H42F3N3O5S/c1-4-47(44,45)32-15-9-26(10-16-32)33(20-42)39-34(43)27-7-13-30(14-8-27)41-18-28(25-5-11-29(12-6-25)35(36,37)38)17-31(41)19-40-23(2)21-46-22-24(40)3/h5-16,23-24,28,31,33,42H,4,17-22H2,1-3H3,(H,39,43)/t23?,24?,28?,31-,33-/m0/s1. The lowest BCUT2D eigenvalue weighted by Crippen LogP contribution is -2.53. The van der Waals surface area contributed by atoms with E-state index in [0.29, 0.717) is 30.9 Å². The monoisotopic (exact) mass is 673 g/mol. The fourth-order valence-corrected chi connectivity index (χ4v) is 7.47. The molecule has 0 saturated carbocycles. The van der Waals surface area contributed by atoms with Gasteiger partial charge < -0.3 is 20.1 Å². The molecule has 2 N–H and O–H groups in total. The van der Waals surface area contributed by atoms with E-state index in [9.17, 15) is 31.5 Å². The molecule has 5 rings (SSSR count). The topological polar surface area (TPSA) is 99.2 Å². The highest BCUT2D eigenvalue weighted by atomic mass is 32.2. The fourth-order valence-electron chi connectivity index (χ4n) is 6.58. The highest BCUT2D eigenvalue weighted by Crippen LogP contribution is 2.38. The number of amides is 1. The maximum absolute atomic E-state index is 13.2. The second kappa shape index (κ2) is 14.3. The largest absolute Gasteiger partial charge is 0.416 e. The molecule has 2 heterocycles. The molecule has 3 aromatic rings. The number of morpholine rings is 1. The number of anilines is 1. The molecule has 5 atom stereocenters. The molecule has 2 aliphatic rings. The number of halogens is 3. The van der Waals surface area contributed by atoms with Gasteiger partial charge in [0.1, 0.15) is 0 Å². The van der Waals surface area contributed by atoms with Crippen LogP contribution in [0.1, 0.15) is 66.2 Å². The lowest BCUT2D eigenvalue weighted by molar-refractivity contribution is -0.137. The van der Waals surface area contributed by atoms with Crippen LogP contribution in [0.3, 0.4) is 0 Å². The second-order valence-corrected chi connectivity index (χ2v) is 14.8. The minimum Gasteiger partial charge on any atom is -0.394 e. The zero-order chi connectivity index (χ0) is 33.9. The van der Waals surface area contributed by atoms with Crippen LogP contribution in [0.25, 0.3) is 0 Å². The number of sulfone groups is 1. The first-order chi connectivity index (χ1) is 22.3. The summed E-state index contributed by atoms with van der Waals surface area (Å²) in [7, 11) is -3.37. The maximum Gasteiger partial charge on any atom is 0.416 e. The number of ether oxygens (including phenoxy) is 1. The van der Waals surface area contributed by atoms with Crippen LogP contribution < -0.4 is 10.2 Å². The Labute approximate surface area is 274 Å². The first-order valence-corrected chi connectivity index (χ1v) is 17.6. The Bertz CT molecular complexity index is 1610. The molecule has 3 unspecified atom stereocenters. The van der Waals surface area contributed by atoms with Gasteiger partial charge in [0, 0.05) is 48.4 Å². The van der Waals surface area contributed by atoms with E-state index in [-0.39, 0.29) is 41.3 Å². The Morgan fingerprint density at radius 2 is 1.60 bits per heavy atom. The second-order valence-electron chi connectivity index (χ2n) is 12.5. The van der Waals surface area contributed by atoms with Crippen LogP contribution in [0.15, 0.2) is 77.7 Å². The first-order valence-electron chi connectivity index (χ1n) is 15.9. The van der Waals surface area contributed by atoms with Crippen LogP contribution in [0.5, 0.6) is 0 Å². The van der Waals surface area contributed by atoms with Gasteiger partial charge in [0.25, 0.3) is 5.91 Å². The number of hydrogen-bond acceptors (Lipinski definition) is 7. The third-order valence-electron chi connectivity index (χ3n) is 9.37. The van der Waals surface area contributed by atoms with Gasteiger partial charge in [-0.3, -0.25) is 9.69 Å². The van der Waals surface area contributed by atoms with Gasteiger partial charge in [-0.05, 0) is 79.9 Å². The average molecular weight is 674 g/mol. The van der Waals surface area contributed by atoms with E-state index in [1.54, 1.807) is 43.3 Å². The van der Waals surface area contributed by atoms with Crippen LogP contribution in [0.4, 0.5) is 18.9 Å². The van der Waals surface area contributed by atoms with Crippen LogP contribution in [-0.4, -0.2) is 81.1 Å². The molecule has 0 radical (unpaired) electrons. The van der Waals surface area contributed by atoms with Crippen LogP contribution >= 0.6 is 0 Å². The van der Waals surface area contributed by atoms with E-state index in [4.69, 9.17) is 4.74 Å². The van der Waals surface area contributed by atoms with Crippen molar-refractivity contribution in [2.75, 3.05) is 43.6 Å². The minimum absolute atomic E-state index is 0.0259. The zero-order valence-electron chi connectivity index (χ0n) is 26.8. The van der Waals surface area contributed by atoms with E-state index in [2.05, 4.69) is 29.0 Å². The number of aliphatic hydroxyl groups is 1. The van der Waals surface area contributed by atoms with Crippen LogP contribution in [-0.2, 0) is 20.8 Å². The summed E-state index contributed by atoms with van der Waals surface area (Å²) >= 11 is 0. The Morgan fingerprint density at radius 3 is 2.15 bits per heavy atom. The highest BCUT2D eigenvalue weighted by molar-refractivity contribution is 7.91. The lowest BCUT2D eigenvalue weighted by atomic mass is 9.95. The summed E-state index contributed by atoms with van der Waals surface area (Å²) in [6.07, 6.45) is -3.63. The SMILES string of the molecule is CCS(=O)(=O)c1ccc([C@H](CO)NC(=O)c2ccc(N3CC(c4ccc(C(F)(F)F)cc4)C[C@H]3CN3C(C)COCC3C)cc2)cc1. The summed E-state index contributed by atoms with van der Waals surface area (Å²) in [5, 5.41) is 12.8. The predicted molar refractivity (Wildman–Crippen MR) is 174 cm³/mol. The molecular formula is C35H42F3N3O5S. The van der Waals surface area contributed by atoms with E-state index < -0.39 is 33.5 Å². The summed E-state index contributed by atoms with van der Waals surface area (Å²) < 4.78 is 69.7. The predicted octanol–water partition coefficient (Wildman–Crippen LogP) is 5.43. The summed E-state index contributed by atoms with van der Waals surface area (Å²) in [6, 6.07) is 18.6. The highest BCUT2D eigenvalue weighted by Gasteiger charge is 2.38. The van der Waals surface area contributed by atoms with Crippen molar-refractivity contribution in [3.05, 3.63) is 95.1 Å². The molecule has 47 heavy (non-hydrogen) atoms. The molecule has 2 saturated heterocycles. The van der Waals surface area contributed by atoms with Gasteiger partial charge in [-0.25, -0.2) is 8.42 Å². The van der Waals surface area contributed by atoms with Crippen molar-refractivity contribution in [3.63, 3.8) is 0 Å². The van der Waals surface area contributed by atoms with Gasteiger partial charge in [-0.2, -0.15) is 13.2 Å². The molecule has 0 spiro atoms. The molecule has 8 nitrogen and oxygen atoms in total. The molecule has 254 valence electrons. The Morgan fingerprint density at radius 1 is 0.979 bits per heavy atom. The van der Waals surface area contributed by atoms with Crippen molar-refractivity contribution in [2.24, 2.45) is 0 Å². The van der Waals surface area contributed by atoms with Gasteiger partial charge in [0.05, 0.1) is 42.1 Å². The third kappa shape index (κ3) is 7.99. The van der Waals surface area contributed by atoms with Crippen molar-refractivity contribution >= 4 is 21.4 Å². The van der Waals surface area contributed by atoms with Gasteiger partial charge in [-0.1, -0.05) is 31.2 Å². The molecule has 2 fully saturated rings. The maximum atomic E-state index is 13.2. The number of nitrogens with one attached hydrogen (secondary N) is 1. The van der Waals surface area contributed by atoms with E-state index >= 15 is 0 Å². The molecular weight excluding hydrogens is 631 g/mol. The lowest BCUT2D eigenvalue weighted by Gasteiger charge is -2.42. The van der Waals surface area contributed by atoms with Crippen LogP contribution in [0.2, 0.25) is 0 Å². The minimum atomic E-state index is -4.39. The average Bonchev–Trinajstić information content (AvgIpc) is 3.49. The third-order valence-corrected chi connectivity index (χ3v) is 11.1. The zero-order valence-corrected chi connectivity index (χ0v) is 27.6. The normalized spacial score (nSPS) is 23.1. The van der Waals surface area contributed by atoms with E-state index in [1.165, 1.54) is 12.1 Å². The van der Waals surface area contributed by atoms with Gasteiger partial charge in [0.15, 0.2) is 9.84 Å². The Kier molecular flexibility index (Phi) is 10.6. The summed E-state index contributed by atoms with van der Waals surface area (Å²) in [4.78, 5) is 18.1. The number of carbonyl (C=O) groups is 1. The number of benzene rings is 3. The number of hydrogen-bond donors (Lipinski definition) is 2. The van der Waals surface area contributed by atoms with Crippen LogP contribution in [0, 0.1) is 0 Å². The van der Waals surface area contributed by atoms with Gasteiger partial charge >= 0.3 is 6.18 Å². The number of carbonyl (C=O) groups excluding carboxylic acids is 1. The molecule has 0 aromatic heterocycles. The molecule has 1 amide bonds. The molecule has 12 heteroatoms. The summed E-state index contributed by atoms with van der Waals surface area (Å²) in [5.74, 6) is -0.389. The van der Waals surface area contributed by atoms with Crippen molar-refractivity contribution < 1.29 is 36.2 Å². The van der Waals surface area contributed by atoms with Gasteiger partial charge in [0.2, 0.25) is 0 Å². The van der Waals surface area contributed by atoms with Crippen molar-refractivity contribution in [2.45, 2.75) is 68.3 Å². The molecule has 0 aliphatic carbocycles. The van der Waals surface area contributed by atoms with E-state index in [1.807, 2.05) is 12.1 Å². The number of aliphatic hydroxyl groups excluding tert-OH is 1. The van der Waals surface area contributed by atoms with Crippen molar-refractivity contribution in [3.8, 4) is 0 Å². The van der Waals surface area contributed by atoms with Gasteiger partial charge in [-0.15, -0.1) is 0 Å². The summed E-state index contributed by atoms with van der Waals surface area (Å²) in [6.45, 7) is 8.13. The molecule has 3 aromatic carbocycles. The number of nitrogens with zero attached hydrogens (tertiary/aromatic N) is 2. The first kappa shape index (κ1) is 34.9. The fraction of sp³-hybridized carbons (Fsp3) is 0.457.